The highest BCUT2D eigenvalue weighted by molar-refractivity contribution is 8.26. The molecule has 2 rings (SSSR count). The van der Waals surface area contributed by atoms with Gasteiger partial charge in [-0.3, -0.25) is 9.69 Å². The van der Waals surface area contributed by atoms with Crippen molar-refractivity contribution >= 4 is 58.0 Å². The average molecular weight is 369 g/mol. The van der Waals surface area contributed by atoms with Gasteiger partial charge in [-0.2, -0.15) is 11.8 Å². The number of hydrogen-bond acceptors (Lipinski definition) is 6. The van der Waals surface area contributed by atoms with Crippen LogP contribution in [0.3, 0.4) is 0 Å². The normalized spacial score (nSPS) is 17.8. The van der Waals surface area contributed by atoms with Crippen LogP contribution in [-0.4, -0.2) is 49.4 Å². The van der Waals surface area contributed by atoms with Gasteiger partial charge in [-0.15, -0.1) is 0 Å². The van der Waals surface area contributed by atoms with Crippen LogP contribution in [0.2, 0.25) is 0 Å². The van der Waals surface area contributed by atoms with E-state index in [1.165, 1.54) is 28.8 Å². The van der Waals surface area contributed by atoms with Crippen LogP contribution in [0.5, 0.6) is 5.75 Å². The summed E-state index contributed by atoms with van der Waals surface area (Å²) < 4.78 is 0.258. The number of hydrogen-bond donors (Lipinski definition) is 2. The first-order chi connectivity index (χ1) is 10.9. The fraction of sp³-hybridized carbons (Fsp3) is 0.267. The second kappa shape index (κ2) is 7.85. The van der Waals surface area contributed by atoms with E-state index < -0.39 is 12.0 Å². The number of amides is 1. The van der Waals surface area contributed by atoms with Crippen molar-refractivity contribution in [3.8, 4) is 5.75 Å². The second-order valence-corrected chi connectivity index (χ2v) is 7.44. The van der Waals surface area contributed by atoms with Gasteiger partial charge >= 0.3 is 5.97 Å². The monoisotopic (exact) mass is 369 g/mol. The molecule has 0 bridgehead atoms. The Morgan fingerprint density at radius 2 is 2.09 bits per heavy atom. The minimum Gasteiger partial charge on any atom is -0.508 e. The maximum Gasteiger partial charge on any atom is 0.326 e. The largest absolute Gasteiger partial charge is 0.508 e. The number of benzene rings is 1. The number of phenolic OH excluding ortho intramolecular Hbond substituents is 1. The highest BCUT2D eigenvalue weighted by Crippen LogP contribution is 2.35. The number of aliphatic carboxylic acids is 1. The number of carboxylic acid groups (broad SMARTS) is 1. The van der Waals surface area contributed by atoms with E-state index >= 15 is 0 Å². The molecule has 1 aromatic carbocycles. The zero-order valence-corrected chi connectivity index (χ0v) is 14.7. The van der Waals surface area contributed by atoms with Crippen molar-refractivity contribution < 1.29 is 19.8 Å². The number of carboxylic acids is 1. The molecule has 0 radical (unpaired) electrons. The lowest BCUT2D eigenvalue weighted by Crippen LogP contribution is -2.44. The third kappa shape index (κ3) is 4.27. The van der Waals surface area contributed by atoms with E-state index in [1.807, 2.05) is 6.26 Å². The second-order valence-electron chi connectivity index (χ2n) is 4.78. The standard InChI is InChI=1S/C15H15NO4S3/c1-22-7-6-11(14(19)20)16-13(18)12(23-15(16)21)8-9-2-4-10(17)5-3-9/h2-5,8,11,17H,6-7H2,1H3,(H,19,20)/b12-8-/t11-/m1/s1. The maximum absolute atomic E-state index is 12.5. The lowest BCUT2D eigenvalue weighted by Gasteiger charge is -2.22. The van der Waals surface area contributed by atoms with Gasteiger partial charge in [0.15, 0.2) is 0 Å². The molecule has 1 aliphatic heterocycles. The Morgan fingerprint density at radius 1 is 1.43 bits per heavy atom. The zero-order valence-electron chi connectivity index (χ0n) is 12.3. The molecule has 5 nitrogen and oxygen atoms in total. The van der Waals surface area contributed by atoms with Crippen molar-refractivity contribution in [3.63, 3.8) is 0 Å². The Hall–Kier alpha value is -1.51. The van der Waals surface area contributed by atoms with Crippen LogP contribution < -0.4 is 0 Å². The number of rotatable bonds is 6. The van der Waals surface area contributed by atoms with Crippen LogP contribution in [0.1, 0.15) is 12.0 Å². The number of phenols is 1. The maximum atomic E-state index is 12.5. The number of thiocarbonyl (C=S) groups is 1. The van der Waals surface area contributed by atoms with E-state index in [2.05, 4.69) is 0 Å². The molecule has 0 spiro atoms. The fourth-order valence-electron chi connectivity index (χ4n) is 2.06. The van der Waals surface area contributed by atoms with Gasteiger partial charge in [-0.05, 0) is 42.2 Å². The molecular weight excluding hydrogens is 354 g/mol. The number of carbonyl (C=O) groups excluding carboxylic acids is 1. The Morgan fingerprint density at radius 3 is 2.65 bits per heavy atom. The van der Waals surface area contributed by atoms with Gasteiger partial charge in [0.25, 0.3) is 5.91 Å². The minimum atomic E-state index is -1.05. The molecule has 0 unspecified atom stereocenters. The molecule has 1 heterocycles. The molecule has 0 aliphatic carbocycles. The average Bonchev–Trinajstić information content (AvgIpc) is 2.77. The first-order valence-electron chi connectivity index (χ1n) is 6.72. The summed E-state index contributed by atoms with van der Waals surface area (Å²) >= 11 is 7.81. The Labute approximate surface area is 147 Å². The van der Waals surface area contributed by atoms with Crippen LogP contribution in [0.15, 0.2) is 29.2 Å². The van der Waals surface area contributed by atoms with Gasteiger partial charge in [0.2, 0.25) is 0 Å². The molecule has 1 aromatic rings. The van der Waals surface area contributed by atoms with Crippen molar-refractivity contribution in [3.05, 3.63) is 34.7 Å². The molecule has 0 saturated carbocycles. The molecule has 8 heteroatoms. The van der Waals surface area contributed by atoms with Crippen molar-refractivity contribution in [1.29, 1.82) is 0 Å². The quantitative estimate of drug-likeness (QED) is 0.590. The Bertz CT molecular complexity index is 657. The molecule has 1 saturated heterocycles. The first kappa shape index (κ1) is 17.8. The predicted molar refractivity (Wildman–Crippen MR) is 97.5 cm³/mol. The summed E-state index contributed by atoms with van der Waals surface area (Å²) in [6.07, 6.45) is 3.87. The number of nitrogens with zero attached hydrogens (tertiary/aromatic N) is 1. The van der Waals surface area contributed by atoms with E-state index in [1.54, 1.807) is 18.2 Å². The SMILES string of the molecule is CSCC[C@H](C(=O)O)N1C(=O)/C(=C/c2ccc(O)cc2)SC1=S. The molecule has 1 atom stereocenters. The molecule has 1 aliphatic rings. The van der Waals surface area contributed by atoms with Crippen molar-refractivity contribution in [1.82, 2.24) is 4.90 Å². The van der Waals surface area contributed by atoms with Crippen LogP contribution in [0.4, 0.5) is 0 Å². The molecule has 1 fully saturated rings. The van der Waals surface area contributed by atoms with Crippen LogP contribution in [0.25, 0.3) is 6.08 Å². The van der Waals surface area contributed by atoms with Crippen molar-refractivity contribution in [2.24, 2.45) is 0 Å². The summed E-state index contributed by atoms with van der Waals surface area (Å²) in [7, 11) is 0. The van der Waals surface area contributed by atoms with E-state index in [0.29, 0.717) is 17.1 Å². The molecule has 2 N–H and O–H groups in total. The summed E-state index contributed by atoms with van der Waals surface area (Å²) in [5.41, 5.74) is 0.735. The molecule has 1 amide bonds. The lowest BCUT2D eigenvalue weighted by atomic mass is 10.1. The summed E-state index contributed by atoms with van der Waals surface area (Å²) in [6, 6.07) is 5.44. The number of aromatic hydroxyl groups is 1. The highest BCUT2D eigenvalue weighted by Gasteiger charge is 2.40. The van der Waals surface area contributed by atoms with Crippen molar-refractivity contribution in [2.75, 3.05) is 12.0 Å². The summed E-state index contributed by atoms with van der Waals surface area (Å²) in [5, 5.41) is 18.7. The molecule has 0 aromatic heterocycles. The van der Waals surface area contributed by atoms with E-state index in [9.17, 15) is 19.8 Å². The Balaban J connectivity index is 2.24. The highest BCUT2D eigenvalue weighted by atomic mass is 32.2. The zero-order chi connectivity index (χ0) is 17.0. The van der Waals surface area contributed by atoms with E-state index in [0.717, 1.165) is 17.3 Å². The van der Waals surface area contributed by atoms with Gasteiger partial charge in [-0.1, -0.05) is 36.1 Å². The Kier molecular flexibility index (Phi) is 6.09. The van der Waals surface area contributed by atoms with Crippen LogP contribution in [-0.2, 0) is 9.59 Å². The minimum absolute atomic E-state index is 0.137. The molecule has 122 valence electrons. The lowest BCUT2D eigenvalue weighted by molar-refractivity contribution is -0.145. The van der Waals surface area contributed by atoms with Crippen LogP contribution >= 0.6 is 35.7 Å². The number of thioether (sulfide) groups is 2. The van der Waals surface area contributed by atoms with Gasteiger partial charge < -0.3 is 10.2 Å². The topological polar surface area (TPSA) is 77.8 Å². The third-order valence-electron chi connectivity index (χ3n) is 3.21. The van der Waals surface area contributed by atoms with Gasteiger partial charge in [0.1, 0.15) is 16.1 Å². The smallest absolute Gasteiger partial charge is 0.326 e. The van der Waals surface area contributed by atoms with Gasteiger partial charge in [0, 0.05) is 0 Å². The predicted octanol–water partition coefficient (Wildman–Crippen LogP) is 2.80. The third-order valence-corrected chi connectivity index (χ3v) is 5.18. The van der Waals surface area contributed by atoms with Gasteiger partial charge in [-0.25, -0.2) is 4.79 Å². The molecular formula is C15H15NO4S3. The van der Waals surface area contributed by atoms with E-state index in [4.69, 9.17) is 12.2 Å². The van der Waals surface area contributed by atoms with E-state index in [-0.39, 0.29) is 16.0 Å². The summed E-state index contributed by atoms with van der Waals surface area (Å²) in [5.74, 6) is -0.675. The summed E-state index contributed by atoms with van der Waals surface area (Å²) in [6.45, 7) is 0. The summed E-state index contributed by atoms with van der Waals surface area (Å²) in [4.78, 5) is 25.6. The number of carbonyl (C=O) groups is 2. The van der Waals surface area contributed by atoms with Gasteiger partial charge in [0.05, 0.1) is 4.91 Å². The van der Waals surface area contributed by atoms with Crippen molar-refractivity contribution in [2.45, 2.75) is 12.5 Å². The first-order valence-corrected chi connectivity index (χ1v) is 9.33. The fourth-order valence-corrected chi connectivity index (χ4v) is 3.88. The molecule has 23 heavy (non-hydrogen) atoms. The van der Waals surface area contributed by atoms with Crippen LogP contribution in [0, 0.1) is 0 Å².